The molecule has 0 bridgehead atoms. The highest BCUT2D eigenvalue weighted by Gasteiger charge is 2.15. The van der Waals surface area contributed by atoms with Gasteiger partial charge in [0.25, 0.3) is 0 Å². The summed E-state index contributed by atoms with van der Waals surface area (Å²) in [5, 5.41) is 16.9. The predicted octanol–water partition coefficient (Wildman–Crippen LogP) is 0.792. The first-order valence-corrected chi connectivity index (χ1v) is 8.12. The molecule has 114 valence electrons. The number of aliphatic hydroxyl groups is 1. The second-order valence-corrected chi connectivity index (χ2v) is 6.50. The van der Waals surface area contributed by atoms with Crippen LogP contribution in [-0.4, -0.2) is 35.1 Å². The van der Waals surface area contributed by atoms with E-state index in [-0.39, 0.29) is 18.0 Å². The van der Waals surface area contributed by atoms with Crippen LogP contribution in [0.15, 0.2) is 35.5 Å². The van der Waals surface area contributed by atoms with E-state index >= 15 is 0 Å². The summed E-state index contributed by atoms with van der Waals surface area (Å²) in [6.07, 6.45) is 3.86. The van der Waals surface area contributed by atoms with Crippen molar-refractivity contribution in [3.05, 3.63) is 41.2 Å². The Morgan fingerprint density at radius 3 is 2.86 bits per heavy atom. The molecule has 0 aliphatic rings. The van der Waals surface area contributed by atoms with E-state index in [0.717, 1.165) is 0 Å². The first kappa shape index (κ1) is 15.9. The third-order valence-corrected chi connectivity index (χ3v) is 4.65. The highest BCUT2D eigenvalue weighted by atomic mass is 35.5. The van der Waals surface area contributed by atoms with Gasteiger partial charge in [-0.1, -0.05) is 16.8 Å². The second-order valence-electron chi connectivity index (χ2n) is 4.33. The Morgan fingerprint density at radius 2 is 2.19 bits per heavy atom. The van der Waals surface area contributed by atoms with E-state index in [0.29, 0.717) is 23.6 Å². The van der Waals surface area contributed by atoms with Gasteiger partial charge >= 0.3 is 0 Å². The SMILES string of the molecule is O=S(=O)(NCCCn1ccnn1)c1ccc(Cl)c(CO)c1. The number of nitrogens with one attached hydrogen (secondary N) is 1. The normalized spacial score (nSPS) is 11.7. The second kappa shape index (κ2) is 6.99. The molecule has 0 spiro atoms. The monoisotopic (exact) mass is 330 g/mol. The average Bonchev–Trinajstić information content (AvgIpc) is 2.97. The van der Waals surface area contributed by atoms with Crippen LogP contribution in [-0.2, 0) is 23.2 Å². The van der Waals surface area contributed by atoms with Crippen molar-refractivity contribution in [2.24, 2.45) is 0 Å². The van der Waals surface area contributed by atoms with Gasteiger partial charge in [0.15, 0.2) is 0 Å². The van der Waals surface area contributed by atoms with E-state index in [1.165, 1.54) is 18.2 Å². The van der Waals surface area contributed by atoms with Crippen molar-refractivity contribution in [2.75, 3.05) is 6.54 Å². The lowest BCUT2D eigenvalue weighted by molar-refractivity contribution is 0.281. The summed E-state index contributed by atoms with van der Waals surface area (Å²) in [4.78, 5) is 0.0803. The summed E-state index contributed by atoms with van der Waals surface area (Å²) in [6, 6.07) is 4.22. The summed E-state index contributed by atoms with van der Waals surface area (Å²) >= 11 is 5.84. The lowest BCUT2D eigenvalue weighted by Gasteiger charge is -2.08. The molecular weight excluding hydrogens is 316 g/mol. The predicted molar refractivity (Wildman–Crippen MR) is 77.2 cm³/mol. The minimum Gasteiger partial charge on any atom is -0.392 e. The first-order chi connectivity index (χ1) is 10.0. The molecule has 0 unspecified atom stereocenters. The Bertz CT molecular complexity index is 689. The van der Waals surface area contributed by atoms with Crippen molar-refractivity contribution >= 4 is 21.6 Å². The fourth-order valence-electron chi connectivity index (χ4n) is 1.72. The minimum absolute atomic E-state index is 0.0803. The number of benzene rings is 1. The fraction of sp³-hybridized carbons (Fsp3) is 0.333. The maximum atomic E-state index is 12.1. The Labute approximate surface area is 127 Å². The molecule has 2 aromatic rings. The lowest BCUT2D eigenvalue weighted by atomic mass is 10.2. The number of hydrogen-bond donors (Lipinski definition) is 2. The Morgan fingerprint density at radius 1 is 1.38 bits per heavy atom. The molecule has 0 amide bonds. The fourth-order valence-corrected chi connectivity index (χ4v) is 3.02. The number of halogens is 1. The number of rotatable bonds is 7. The molecule has 7 nitrogen and oxygen atoms in total. The van der Waals surface area contributed by atoms with Crippen LogP contribution in [0.4, 0.5) is 0 Å². The van der Waals surface area contributed by atoms with Crippen LogP contribution in [0, 0.1) is 0 Å². The number of sulfonamides is 1. The molecule has 0 aliphatic carbocycles. The highest BCUT2D eigenvalue weighted by Crippen LogP contribution is 2.20. The quantitative estimate of drug-likeness (QED) is 0.732. The largest absolute Gasteiger partial charge is 0.392 e. The third-order valence-electron chi connectivity index (χ3n) is 2.83. The van der Waals surface area contributed by atoms with Crippen LogP contribution in [0.1, 0.15) is 12.0 Å². The number of aromatic nitrogens is 3. The topological polar surface area (TPSA) is 97.1 Å². The molecule has 0 aliphatic heterocycles. The van der Waals surface area contributed by atoms with Crippen LogP contribution in [0.5, 0.6) is 0 Å². The summed E-state index contributed by atoms with van der Waals surface area (Å²) in [7, 11) is -3.62. The third kappa shape index (κ3) is 4.24. The van der Waals surface area contributed by atoms with Crippen molar-refractivity contribution < 1.29 is 13.5 Å². The van der Waals surface area contributed by atoms with E-state index in [4.69, 9.17) is 16.7 Å². The van der Waals surface area contributed by atoms with E-state index in [1.54, 1.807) is 17.1 Å². The Kier molecular flexibility index (Phi) is 5.29. The molecule has 1 aromatic carbocycles. The average molecular weight is 331 g/mol. The highest BCUT2D eigenvalue weighted by molar-refractivity contribution is 7.89. The summed E-state index contributed by atoms with van der Waals surface area (Å²) in [5.41, 5.74) is 0.377. The molecule has 1 heterocycles. The lowest BCUT2D eigenvalue weighted by Crippen LogP contribution is -2.25. The number of nitrogens with zero attached hydrogens (tertiary/aromatic N) is 3. The van der Waals surface area contributed by atoms with Crippen LogP contribution >= 0.6 is 11.6 Å². The van der Waals surface area contributed by atoms with Gasteiger partial charge in [-0.25, -0.2) is 13.1 Å². The molecule has 0 radical (unpaired) electrons. The van der Waals surface area contributed by atoms with Gasteiger partial charge in [-0.2, -0.15) is 0 Å². The van der Waals surface area contributed by atoms with Gasteiger partial charge in [0.2, 0.25) is 10.0 Å². The van der Waals surface area contributed by atoms with Crippen LogP contribution in [0.2, 0.25) is 5.02 Å². The molecule has 2 rings (SSSR count). The van der Waals surface area contributed by atoms with Gasteiger partial charge in [0.1, 0.15) is 0 Å². The number of aryl methyl sites for hydroxylation is 1. The zero-order valence-corrected chi connectivity index (χ0v) is 12.7. The molecule has 21 heavy (non-hydrogen) atoms. The zero-order valence-electron chi connectivity index (χ0n) is 11.1. The first-order valence-electron chi connectivity index (χ1n) is 6.26. The van der Waals surface area contributed by atoms with Gasteiger partial charge < -0.3 is 5.11 Å². The molecule has 9 heteroatoms. The number of hydrogen-bond acceptors (Lipinski definition) is 5. The van der Waals surface area contributed by atoms with Crippen LogP contribution < -0.4 is 4.72 Å². The van der Waals surface area contributed by atoms with Crippen molar-refractivity contribution in [3.8, 4) is 0 Å². The van der Waals surface area contributed by atoms with Crippen LogP contribution in [0.25, 0.3) is 0 Å². The van der Waals surface area contributed by atoms with Gasteiger partial charge in [0.05, 0.1) is 17.7 Å². The smallest absolute Gasteiger partial charge is 0.240 e. The van der Waals surface area contributed by atoms with E-state index in [9.17, 15) is 8.42 Å². The molecule has 0 fully saturated rings. The molecule has 0 saturated heterocycles. The molecule has 0 atom stereocenters. The summed E-state index contributed by atoms with van der Waals surface area (Å²) in [6.45, 7) is 0.540. The minimum atomic E-state index is -3.62. The summed E-state index contributed by atoms with van der Waals surface area (Å²) in [5.74, 6) is 0. The van der Waals surface area contributed by atoms with Gasteiger partial charge in [-0.3, -0.25) is 4.68 Å². The number of aliphatic hydroxyl groups excluding tert-OH is 1. The van der Waals surface area contributed by atoms with Crippen molar-refractivity contribution in [3.63, 3.8) is 0 Å². The van der Waals surface area contributed by atoms with Gasteiger partial charge in [0, 0.05) is 24.3 Å². The van der Waals surface area contributed by atoms with Crippen LogP contribution in [0.3, 0.4) is 0 Å². The molecule has 0 saturated carbocycles. The molecule has 2 N–H and O–H groups in total. The zero-order chi connectivity index (χ0) is 15.3. The van der Waals surface area contributed by atoms with Crippen molar-refractivity contribution in [1.82, 2.24) is 19.7 Å². The molecular formula is C12H15ClN4O3S. The van der Waals surface area contributed by atoms with E-state index < -0.39 is 10.0 Å². The Hall–Kier alpha value is -1.48. The molecule has 1 aromatic heterocycles. The van der Waals surface area contributed by atoms with Gasteiger partial charge in [-0.15, -0.1) is 5.10 Å². The standard InChI is InChI=1S/C12H15ClN4O3S/c13-12-3-2-11(8-10(12)9-18)21(19,20)15-4-1-6-17-7-5-14-16-17/h2-3,5,7-8,15,18H,1,4,6,9H2. The van der Waals surface area contributed by atoms with Crippen molar-refractivity contribution in [1.29, 1.82) is 0 Å². The maximum absolute atomic E-state index is 12.1. The Balaban J connectivity index is 1.95. The van der Waals surface area contributed by atoms with E-state index in [2.05, 4.69) is 15.0 Å². The van der Waals surface area contributed by atoms with Gasteiger partial charge in [-0.05, 0) is 30.2 Å². The summed E-state index contributed by atoms with van der Waals surface area (Å²) < 4.78 is 28.3. The van der Waals surface area contributed by atoms with Crippen molar-refractivity contribution in [2.45, 2.75) is 24.5 Å². The maximum Gasteiger partial charge on any atom is 0.240 e. The van der Waals surface area contributed by atoms with E-state index in [1.807, 2.05) is 0 Å².